The van der Waals surface area contributed by atoms with Gasteiger partial charge in [0.15, 0.2) is 0 Å². The molecule has 2 aromatic rings. The average Bonchev–Trinajstić information content (AvgIpc) is 2.49. The lowest BCUT2D eigenvalue weighted by atomic mass is 10.0. The molecule has 0 fully saturated rings. The normalized spacial score (nSPS) is 12.1. The molecule has 0 amide bonds. The number of nitrogens with zero attached hydrogens (tertiary/aromatic N) is 2. The van der Waals surface area contributed by atoms with Gasteiger partial charge in [-0.05, 0) is 25.5 Å². The predicted octanol–water partition coefficient (Wildman–Crippen LogP) is 2.38. The minimum atomic E-state index is 0.206. The molecule has 1 heterocycles. The average molecular weight is 257 g/mol. The van der Waals surface area contributed by atoms with Crippen LogP contribution in [0.4, 0.5) is 0 Å². The van der Waals surface area contributed by atoms with Crippen molar-refractivity contribution < 1.29 is 4.74 Å². The molecule has 0 saturated carbocycles. The van der Waals surface area contributed by atoms with Gasteiger partial charge in [0, 0.05) is 12.1 Å². The molecule has 4 heteroatoms. The summed E-state index contributed by atoms with van der Waals surface area (Å²) in [5, 5.41) is 3.29. The monoisotopic (exact) mass is 257 g/mol. The summed E-state index contributed by atoms with van der Waals surface area (Å²) in [5.74, 6) is 0.602. The Labute approximate surface area is 113 Å². The molecule has 0 aliphatic heterocycles. The molecule has 1 aromatic heterocycles. The van der Waals surface area contributed by atoms with E-state index >= 15 is 0 Å². The molecule has 1 unspecified atom stereocenters. The minimum absolute atomic E-state index is 0.206. The first-order valence-electron chi connectivity index (χ1n) is 6.40. The molecule has 0 aliphatic rings. The summed E-state index contributed by atoms with van der Waals surface area (Å²) in [7, 11) is 3.56. The van der Waals surface area contributed by atoms with Gasteiger partial charge in [-0.1, -0.05) is 30.3 Å². The van der Waals surface area contributed by atoms with Gasteiger partial charge in [-0.15, -0.1) is 0 Å². The van der Waals surface area contributed by atoms with Crippen molar-refractivity contribution in [2.24, 2.45) is 0 Å². The Balaban J connectivity index is 2.03. The predicted molar refractivity (Wildman–Crippen MR) is 75.1 cm³/mol. The molecule has 0 radical (unpaired) electrons. The molecule has 4 nitrogen and oxygen atoms in total. The van der Waals surface area contributed by atoms with Gasteiger partial charge in [0.2, 0.25) is 5.88 Å². The third-order valence-electron chi connectivity index (χ3n) is 3.14. The van der Waals surface area contributed by atoms with Crippen molar-refractivity contribution in [3.8, 4) is 5.88 Å². The van der Waals surface area contributed by atoms with E-state index in [0.717, 1.165) is 18.5 Å². The number of nitrogens with one attached hydrogen (secondary N) is 1. The van der Waals surface area contributed by atoms with Gasteiger partial charge in [-0.3, -0.25) is 0 Å². The highest BCUT2D eigenvalue weighted by Gasteiger charge is 2.12. The van der Waals surface area contributed by atoms with Crippen molar-refractivity contribution in [1.29, 1.82) is 0 Å². The molecular formula is C15H19N3O. The molecule has 0 saturated heterocycles. The van der Waals surface area contributed by atoms with Crippen LogP contribution in [0.25, 0.3) is 0 Å². The van der Waals surface area contributed by atoms with Crippen molar-refractivity contribution in [2.75, 3.05) is 14.2 Å². The molecule has 1 atom stereocenters. The standard InChI is InChI=1S/C15H19N3O/c1-16-13(9-8-12-6-4-3-5-7-12)14-10-15(19-2)18-11-17-14/h3-7,10-11,13,16H,8-9H2,1-2H3. The fourth-order valence-corrected chi connectivity index (χ4v) is 2.05. The smallest absolute Gasteiger partial charge is 0.216 e. The van der Waals surface area contributed by atoms with E-state index in [2.05, 4.69) is 39.6 Å². The van der Waals surface area contributed by atoms with Crippen LogP contribution in [0.15, 0.2) is 42.7 Å². The van der Waals surface area contributed by atoms with E-state index in [9.17, 15) is 0 Å². The van der Waals surface area contributed by atoms with Gasteiger partial charge >= 0.3 is 0 Å². The first-order chi connectivity index (χ1) is 9.33. The van der Waals surface area contributed by atoms with E-state index in [0.29, 0.717) is 5.88 Å². The van der Waals surface area contributed by atoms with Crippen LogP contribution in [0.1, 0.15) is 23.7 Å². The van der Waals surface area contributed by atoms with Crippen molar-refractivity contribution in [3.05, 3.63) is 54.0 Å². The minimum Gasteiger partial charge on any atom is -0.481 e. The van der Waals surface area contributed by atoms with Crippen LogP contribution in [0.3, 0.4) is 0 Å². The Morgan fingerprint density at radius 1 is 1.21 bits per heavy atom. The Morgan fingerprint density at radius 2 is 2.00 bits per heavy atom. The number of hydrogen-bond donors (Lipinski definition) is 1. The lowest BCUT2D eigenvalue weighted by molar-refractivity contribution is 0.393. The SMILES string of the molecule is CNC(CCc1ccccc1)c1cc(OC)ncn1. The quantitative estimate of drug-likeness (QED) is 0.863. The molecule has 1 aromatic carbocycles. The summed E-state index contributed by atoms with van der Waals surface area (Å²) in [5.41, 5.74) is 2.30. The molecule has 2 rings (SSSR count). The van der Waals surface area contributed by atoms with Gasteiger partial charge in [-0.2, -0.15) is 0 Å². The van der Waals surface area contributed by atoms with E-state index in [1.165, 1.54) is 5.56 Å². The van der Waals surface area contributed by atoms with E-state index < -0.39 is 0 Å². The highest BCUT2D eigenvalue weighted by atomic mass is 16.5. The summed E-state index contributed by atoms with van der Waals surface area (Å²) < 4.78 is 5.13. The first kappa shape index (κ1) is 13.5. The van der Waals surface area contributed by atoms with Crippen LogP contribution in [0.5, 0.6) is 5.88 Å². The molecule has 1 N–H and O–H groups in total. The highest BCUT2D eigenvalue weighted by molar-refractivity contribution is 5.18. The third-order valence-corrected chi connectivity index (χ3v) is 3.14. The van der Waals surface area contributed by atoms with Gasteiger partial charge in [-0.25, -0.2) is 9.97 Å². The zero-order valence-electron chi connectivity index (χ0n) is 11.3. The molecule has 100 valence electrons. The maximum Gasteiger partial charge on any atom is 0.216 e. The van der Waals surface area contributed by atoms with Gasteiger partial charge in [0.05, 0.1) is 12.8 Å². The van der Waals surface area contributed by atoms with Crippen LogP contribution >= 0.6 is 0 Å². The molecule has 0 spiro atoms. The van der Waals surface area contributed by atoms with Gasteiger partial charge < -0.3 is 10.1 Å². The molecule has 19 heavy (non-hydrogen) atoms. The largest absolute Gasteiger partial charge is 0.481 e. The lowest BCUT2D eigenvalue weighted by Crippen LogP contribution is -2.18. The van der Waals surface area contributed by atoms with Crippen molar-refractivity contribution in [3.63, 3.8) is 0 Å². The van der Waals surface area contributed by atoms with Crippen LogP contribution in [-0.2, 0) is 6.42 Å². The van der Waals surface area contributed by atoms with E-state index in [1.807, 2.05) is 19.2 Å². The summed E-state index contributed by atoms with van der Waals surface area (Å²) in [6.45, 7) is 0. The number of ether oxygens (including phenoxy) is 1. The Kier molecular flexibility index (Phi) is 4.86. The summed E-state index contributed by atoms with van der Waals surface area (Å²) in [6, 6.07) is 12.5. The number of benzene rings is 1. The fraction of sp³-hybridized carbons (Fsp3) is 0.333. The van der Waals surface area contributed by atoms with Crippen molar-refractivity contribution in [2.45, 2.75) is 18.9 Å². The summed E-state index contributed by atoms with van der Waals surface area (Å²) in [4.78, 5) is 8.35. The van der Waals surface area contributed by atoms with Crippen LogP contribution in [0.2, 0.25) is 0 Å². The Hall–Kier alpha value is -1.94. The maximum atomic E-state index is 5.13. The first-order valence-corrected chi connectivity index (χ1v) is 6.40. The van der Waals surface area contributed by atoms with Crippen LogP contribution < -0.4 is 10.1 Å². The zero-order valence-corrected chi connectivity index (χ0v) is 11.3. The van der Waals surface area contributed by atoms with Crippen molar-refractivity contribution in [1.82, 2.24) is 15.3 Å². The number of hydrogen-bond acceptors (Lipinski definition) is 4. The lowest BCUT2D eigenvalue weighted by Gasteiger charge is -2.15. The Bertz CT molecular complexity index is 502. The number of methoxy groups -OCH3 is 1. The molecular weight excluding hydrogens is 238 g/mol. The topological polar surface area (TPSA) is 47.0 Å². The molecule has 0 bridgehead atoms. The van der Waals surface area contributed by atoms with Crippen LogP contribution in [0, 0.1) is 0 Å². The van der Waals surface area contributed by atoms with Gasteiger partial charge in [0.1, 0.15) is 6.33 Å². The second-order valence-corrected chi connectivity index (χ2v) is 4.35. The van der Waals surface area contributed by atoms with Gasteiger partial charge in [0.25, 0.3) is 0 Å². The van der Waals surface area contributed by atoms with E-state index in [4.69, 9.17) is 4.74 Å². The molecule has 0 aliphatic carbocycles. The number of rotatable bonds is 6. The third kappa shape index (κ3) is 3.76. The van der Waals surface area contributed by atoms with Crippen molar-refractivity contribution >= 4 is 0 Å². The fourth-order valence-electron chi connectivity index (χ4n) is 2.05. The Morgan fingerprint density at radius 3 is 2.68 bits per heavy atom. The number of aromatic nitrogens is 2. The highest BCUT2D eigenvalue weighted by Crippen LogP contribution is 2.19. The summed E-state index contributed by atoms with van der Waals surface area (Å²) in [6.07, 6.45) is 3.54. The zero-order chi connectivity index (χ0) is 13.5. The second-order valence-electron chi connectivity index (χ2n) is 4.35. The summed E-state index contributed by atoms with van der Waals surface area (Å²) >= 11 is 0. The number of aryl methyl sites for hydroxylation is 1. The maximum absolute atomic E-state index is 5.13. The van der Waals surface area contributed by atoms with E-state index in [-0.39, 0.29) is 6.04 Å². The second kappa shape index (κ2) is 6.85. The van der Waals surface area contributed by atoms with Crippen LogP contribution in [-0.4, -0.2) is 24.1 Å². The van der Waals surface area contributed by atoms with E-state index in [1.54, 1.807) is 13.4 Å².